The number of ether oxygens (including phenoxy) is 1. The topological polar surface area (TPSA) is 72.9 Å². The van der Waals surface area contributed by atoms with Crippen LogP contribution in [0.15, 0.2) is 0 Å². The van der Waals surface area contributed by atoms with Crippen molar-refractivity contribution < 1.29 is 22.1 Å². The van der Waals surface area contributed by atoms with Gasteiger partial charge in [0, 0.05) is 13.6 Å². The predicted molar refractivity (Wildman–Crippen MR) is 68.9 cm³/mol. The van der Waals surface area contributed by atoms with Crippen LogP contribution in [0.2, 0.25) is 0 Å². The summed E-state index contributed by atoms with van der Waals surface area (Å²) >= 11 is 0. The van der Waals surface area contributed by atoms with E-state index in [2.05, 4.69) is 0 Å². The molecule has 0 aromatic heterocycles. The third kappa shape index (κ3) is 8.30. The molecule has 0 radical (unpaired) electrons. The van der Waals surface area contributed by atoms with Crippen LogP contribution in [-0.4, -0.2) is 51.0 Å². The highest BCUT2D eigenvalue weighted by Gasteiger charge is 2.19. The van der Waals surface area contributed by atoms with Gasteiger partial charge in [0.25, 0.3) is 10.1 Å². The first-order valence-electron chi connectivity index (χ1n) is 5.88. The summed E-state index contributed by atoms with van der Waals surface area (Å²) in [4.78, 5) is 12.9. The van der Waals surface area contributed by atoms with Gasteiger partial charge in [0.2, 0.25) is 0 Å². The molecule has 6 nitrogen and oxygen atoms in total. The number of amides is 1. The monoisotopic (exact) mass is 281 g/mol. The summed E-state index contributed by atoms with van der Waals surface area (Å²) in [5.74, 6) is -0.0467. The molecule has 7 heteroatoms. The fourth-order valence-corrected chi connectivity index (χ4v) is 1.54. The van der Waals surface area contributed by atoms with E-state index in [1.54, 1.807) is 27.8 Å². The highest BCUT2D eigenvalue weighted by atomic mass is 32.2. The molecule has 0 aromatic rings. The van der Waals surface area contributed by atoms with E-state index in [0.717, 1.165) is 0 Å². The van der Waals surface area contributed by atoms with Gasteiger partial charge in [-0.2, -0.15) is 8.42 Å². The van der Waals surface area contributed by atoms with Gasteiger partial charge in [-0.3, -0.25) is 4.18 Å². The number of nitrogens with zero attached hydrogens (tertiary/aromatic N) is 1. The Morgan fingerprint density at radius 1 is 1.28 bits per heavy atom. The van der Waals surface area contributed by atoms with Crippen LogP contribution in [0.5, 0.6) is 0 Å². The molecular formula is C11H23NO5S. The quantitative estimate of drug-likeness (QED) is 0.546. The Morgan fingerprint density at radius 3 is 2.28 bits per heavy atom. The minimum atomic E-state index is -3.40. The minimum Gasteiger partial charge on any atom is -0.444 e. The molecule has 0 fully saturated rings. The van der Waals surface area contributed by atoms with Gasteiger partial charge in [-0.05, 0) is 34.1 Å². The molecule has 0 atom stereocenters. The Kier molecular flexibility index (Phi) is 6.62. The van der Waals surface area contributed by atoms with Gasteiger partial charge >= 0.3 is 6.09 Å². The molecule has 1 amide bonds. The standard InChI is InChI=1S/C11H23NO5S/c1-6-18(14,15)16-9-7-8-12(5)10(13)17-11(2,3)4/h6-9H2,1-5H3. The second-order valence-corrected chi connectivity index (χ2v) is 6.85. The average Bonchev–Trinajstić information content (AvgIpc) is 2.21. The van der Waals surface area contributed by atoms with Gasteiger partial charge in [-0.25, -0.2) is 4.79 Å². The molecule has 0 N–H and O–H groups in total. The summed E-state index contributed by atoms with van der Waals surface area (Å²) in [7, 11) is -1.80. The molecule has 0 rings (SSSR count). The Balaban J connectivity index is 3.91. The molecule has 0 aliphatic rings. The van der Waals surface area contributed by atoms with E-state index in [9.17, 15) is 13.2 Å². The van der Waals surface area contributed by atoms with Crippen molar-refractivity contribution in [3.05, 3.63) is 0 Å². The van der Waals surface area contributed by atoms with Crippen molar-refractivity contribution in [2.24, 2.45) is 0 Å². The molecule has 0 aliphatic carbocycles. The lowest BCUT2D eigenvalue weighted by Gasteiger charge is -2.24. The average molecular weight is 281 g/mol. The lowest BCUT2D eigenvalue weighted by Crippen LogP contribution is -2.35. The summed E-state index contributed by atoms with van der Waals surface area (Å²) in [5, 5.41) is 0. The van der Waals surface area contributed by atoms with Gasteiger partial charge in [0.05, 0.1) is 12.4 Å². The van der Waals surface area contributed by atoms with E-state index in [1.807, 2.05) is 0 Å². The van der Waals surface area contributed by atoms with E-state index in [4.69, 9.17) is 8.92 Å². The second-order valence-electron chi connectivity index (χ2n) is 4.92. The molecule has 0 saturated heterocycles. The van der Waals surface area contributed by atoms with Crippen LogP contribution in [0, 0.1) is 0 Å². The third-order valence-corrected chi connectivity index (χ3v) is 3.19. The number of carbonyl (C=O) groups excluding carboxylic acids is 1. The van der Waals surface area contributed by atoms with Crippen molar-refractivity contribution in [1.29, 1.82) is 0 Å². The molecule has 0 heterocycles. The summed E-state index contributed by atoms with van der Waals surface area (Å²) in [6.45, 7) is 7.33. The van der Waals surface area contributed by atoms with E-state index >= 15 is 0 Å². The lowest BCUT2D eigenvalue weighted by atomic mass is 10.2. The summed E-state index contributed by atoms with van der Waals surface area (Å²) in [6.07, 6.45) is 0.00969. The van der Waals surface area contributed by atoms with Gasteiger partial charge in [0.15, 0.2) is 0 Å². The maximum absolute atomic E-state index is 11.6. The molecular weight excluding hydrogens is 258 g/mol. The number of hydrogen-bond donors (Lipinski definition) is 0. The molecule has 0 spiro atoms. The molecule has 0 saturated carbocycles. The summed E-state index contributed by atoms with van der Waals surface area (Å²) in [6, 6.07) is 0. The zero-order valence-corrected chi connectivity index (χ0v) is 12.5. The van der Waals surface area contributed by atoms with Gasteiger partial charge < -0.3 is 9.64 Å². The molecule has 18 heavy (non-hydrogen) atoms. The predicted octanol–water partition coefficient (Wildman–Crippen LogP) is 1.61. The van der Waals surface area contributed by atoms with Crippen molar-refractivity contribution in [2.45, 2.75) is 39.7 Å². The third-order valence-electron chi connectivity index (χ3n) is 1.96. The molecule has 0 aliphatic heterocycles. The normalized spacial score (nSPS) is 12.3. The first-order valence-corrected chi connectivity index (χ1v) is 7.46. The van der Waals surface area contributed by atoms with Crippen LogP contribution in [0.4, 0.5) is 4.79 Å². The van der Waals surface area contributed by atoms with E-state index in [-0.39, 0.29) is 12.4 Å². The summed E-state index contributed by atoms with van der Waals surface area (Å²) in [5.41, 5.74) is -0.534. The second kappa shape index (κ2) is 6.94. The van der Waals surface area contributed by atoms with Gasteiger partial charge in [-0.1, -0.05) is 0 Å². The molecule has 108 valence electrons. The first kappa shape index (κ1) is 17.2. The Morgan fingerprint density at radius 2 is 1.83 bits per heavy atom. The van der Waals surface area contributed by atoms with Gasteiger partial charge in [0.1, 0.15) is 5.60 Å². The number of hydrogen-bond acceptors (Lipinski definition) is 5. The van der Waals surface area contributed by atoms with E-state index in [0.29, 0.717) is 13.0 Å². The Hall–Kier alpha value is -0.820. The Bertz CT molecular complexity index is 358. The van der Waals surface area contributed by atoms with Crippen LogP contribution in [-0.2, 0) is 19.0 Å². The minimum absolute atomic E-state index is 0.0467. The van der Waals surface area contributed by atoms with Crippen molar-refractivity contribution in [2.75, 3.05) is 26.0 Å². The number of carbonyl (C=O) groups is 1. The van der Waals surface area contributed by atoms with Crippen LogP contribution >= 0.6 is 0 Å². The molecule has 0 unspecified atom stereocenters. The van der Waals surface area contributed by atoms with Crippen molar-refractivity contribution in [3.63, 3.8) is 0 Å². The van der Waals surface area contributed by atoms with Crippen LogP contribution in [0.3, 0.4) is 0 Å². The smallest absolute Gasteiger partial charge is 0.410 e. The largest absolute Gasteiger partial charge is 0.444 e. The van der Waals surface area contributed by atoms with Crippen LogP contribution < -0.4 is 0 Å². The van der Waals surface area contributed by atoms with Crippen molar-refractivity contribution >= 4 is 16.2 Å². The fraction of sp³-hybridized carbons (Fsp3) is 0.909. The summed E-state index contributed by atoms with van der Waals surface area (Å²) < 4.78 is 31.9. The van der Waals surface area contributed by atoms with Crippen LogP contribution in [0.25, 0.3) is 0 Å². The first-order chi connectivity index (χ1) is 8.07. The maximum atomic E-state index is 11.6. The Labute approximate surface area is 109 Å². The van der Waals surface area contributed by atoms with Crippen LogP contribution in [0.1, 0.15) is 34.1 Å². The van der Waals surface area contributed by atoms with Crippen molar-refractivity contribution in [3.8, 4) is 0 Å². The maximum Gasteiger partial charge on any atom is 0.410 e. The zero-order valence-electron chi connectivity index (χ0n) is 11.7. The van der Waals surface area contributed by atoms with E-state index < -0.39 is 21.8 Å². The highest BCUT2D eigenvalue weighted by molar-refractivity contribution is 7.86. The number of rotatable bonds is 6. The van der Waals surface area contributed by atoms with Crippen molar-refractivity contribution in [1.82, 2.24) is 4.90 Å². The lowest BCUT2D eigenvalue weighted by molar-refractivity contribution is 0.0292. The SMILES string of the molecule is CCS(=O)(=O)OCCCN(C)C(=O)OC(C)(C)C. The van der Waals surface area contributed by atoms with Gasteiger partial charge in [-0.15, -0.1) is 0 Å². The molecule has 0 bridgehead atoms. The fourth-order valence-electron chi connectivity index (χ4n) is 1.00. The highest BCUT2D eigenvalue weighted by Crippen LogP contribution is 2.09. The molecule has 0 aromatic carbocycles. The van der Waals surface area contributed by atoms with E-state index in [1.165, 1.54) is 11.8 Å². The zero-order chi connectivity index (χ0) is 14.4.